The lowest BCUT2D eigenvalue weighted by atomic mass is 10.2. The number of hydrogen-bond acceptors (Lipinski definition) is 1. The van der Waals surface area contributed by atoms with E-state index in [2.05, 4.69) is 27.7 Å². The summed E-state index contributed by atoms with van der Waals surface area (Å²) in [6, 6.07) is 6.67. The Labute approximate surface area is 105 Å². The van der Waals surface area contributed by atoms with Crippen molar-refractivity contribution in [1.29, 1.82) is 0 Å². The van der Waals surface area contributed by atoms with Gasteiger partial charge >= 0.3 is 0 Å². The highest BCUT2D eigenvalue weighted by Crippen LogP contribution is 2.16. The number of nitrogens with zero attached hydrogens (tertiary/aromatic N) is 2. The summed E-state index contributed by atoms with van der Waals surface area (Å²) < 4.78 is 15.8. The molecule has 0 N–H and O–H groups in total. The number of halogens is 3. The highest BCUT2D eigenvalue weighted by Gasteiger charge is 2.02. The minimum Gasteiger partial charge on any atom is -0.267 e. The van der Waals surface area contributed by atoms with Crippen molar-refractivity contribution in [3.63, 3.8) is 0 Å². The molecule has 0 bridgehead atoms. The molecular weight excluding hydrogens is 329 g/mol. The van der Waals surface area contributed by atoms with Crippen molar-refractivity contribution < 1.29 is 4.39 Å². The van der Waals surface area contributed by atoms with E-state index in [-0.39, 0.29) is 5.02 Å². The summed E-state index contributed by atoms with van der Waals surface area (Å²) in [5.74, 6) is -0.393. The monoisotopic (exact) mass is 336 g/mol. The van der Waals surface area contributed by atoms with E-state index in [0.717, 1.165) is 9.26 Å². The molecule has 2 aromatic rings. The van der Waals surface area contributed by atoms with Gasteiger partial charge in [-0.05, 0) is 46.4 Å². The van der Waals surface area contributed by atoms with Crippen LogP contribution in [0.1, 0.15) is 5.56 Å². The number of rotatable bonds is 2. The molecule has 0 fully saturated rings. The van der Waals surface area contributed by atoms with Crippen molar-refractivity contribution in [3.8, 4) is 0 Å². The van der Waals surface area contributed by atoms with Gasteiger partial charge in [-0.3, -0.25) is 4.68 Å². The fourth-order valence-electron chi connectivity index (χ4n) is 1.25. The Balaban J connectivity index is 2.21. The van der Waals surface area contributed by atoms with E-state index in [9.17, 15) is 4.39 Å². The van der Waals surface area contributed by atoms with Crippen LogP contribution in [0.2, 0.25) is 5.02 Å². The molecule has 0 unspecified atom stereocenters. The molecule has 0 saturated heterocycles. The van der Waals surface area contributed by atoms with Gasteiger partial charge in [0.15, 0.2) is 0 Å². The van der Waals surface area contributed by atoms with Crippen molar-refractivity contribution >= 4 is 34.2 Å². The molecule has 2 nitrogen and oxygen atoms in total. The zero-order chi connectivity index (χ0) is 10.8. The van der Waals surface area contributed by atoms with Crippen LogP contribution in [0.3, 0.4) is 0 Å². The van der Waals surface area contributed by atoms with Gasteiger partial charge in [-0.2, -0.15) is 5.10 Å². The van der Waals surface area contributed by atoms with Gasteiger partial charge in [0.25, 0.3) is 0 Å². The predicted molar refractivity (Wildman–Crippen MR) is 65.5 cm³/mol. The first-order valence-corrected chi connectivity index (χ1v) is 5.74. The molecule has 0 aliphatic carbocycles. The fraction of sp³-hybridized carbons (Fsp3) is 0.100. The fourth-order valence-corrected chi connectivity index (χ4v) is 1.81. The van der Waals surface area contributed by atoms with E-state index in [1.165, 1.54) is 6.07 Å². The highest BCUT2D eigenvalue weighted by atomic mass is 127. The molecule has 0 atom stereocenters. The number of benzene rings is 1. The van der Waals surface area contributed by atoms with Crippen LogP contribution in [0, 0.1) is 9.52 Å². The lowest BCUT2D eigenvalue weighted by Gasteiger charge is -2.02. The average Bonchev–Trinajstić information content (AvgIpc) is 2.58. The molecule has 5 heteroatoms. The summed E-state index contributed by atoms with van der Waals surface area (Å²) in [5.41, 5.74) is 0.844. The first-order chi connectivity index (χ1) is 7.15. The maximum Gasteiger partial charge on any atom is 0.142 e. The van der Waals surface area contributed by atoms with Gasteiger partial charge in [-0.1, -0.05) is 17.7 Å². The molecule has 1 heterocycles. The van der Waals surface area contributed by atoms with Crippen LogP contribution in [0.5, 0.6) is 0 Å². The Kier molecular flexibility index (Phi) is 3.25. The van der Waals surface area contributed by atoms with Crippen LogP contribution in [0.25, 0.3) is 0 Å². The Bertz CT molecular complexity index is 484. The zero-order valence-corrected chi connectivity index (χ0v) is 10.5. The van der Waals surface area contributed by atoms with E-state index in [0.29, 0.717) is 6.54 Å². The first-order valence-electron chi connectivity index (χ1n) is 4.28. The van der Waals surface area contributed by atoms with Gasteiger partial charge in [0.05, 0.1) is 11.6 Å². The van der Waals surface area contributed by atoms with Crippen LogP contribution in [0.15, 0.2) is 30.5 Å². The van der Waals surface area contributed by atoms with E-state index in [4.69, 9.17) is 11.6 Å². The molecule has 2 rings (SSSR count). The van der Waals surface area contributed by atoms with Crippen LogP contribution >= 0.6 is 34.2 Å². The van der Waals surface area contributed by atoms with Crippen molar-refractivity contribution in [1.82, 2.24) is 9.78 Å². The standard InChI is InChI=1S/C10H7ClFIN2/c11-8-2-1-7(5-9(8)12)6-15-4-3-10(13)14-15/h1-5H,6H2. The van der Waals surface area contributed by atoms with Crippen molar-refractivity contribution in [2.45, 2.75) is 6.54 Å². The minimum absolute atomic E-state index is 0.147. The van der Waals surface area contributed by atoms with Crippen LogP contribution in [0.4, 0.5) is 4.39 Å². The quantitative estimate of drug-likeness (QED) is 0.769. The molecule has 1 aromatic carbocycles. The molecule has 0 saturated carbocycles. The molecule has 0 aliphatic heterocycles. The minimum atomic E-state index is -0.393. The third kappa shape index (κ3) is 2.69. The lowest BCUT2D eigenvalue weighted by Crippen LogP contribution is -2.00. The summed E-state index contributed by atoms with van der Waals surface area (Å²) in [6.07, 6.45) is 1.86. The van der Waals surface area contributed by atoms with Crippen LogP contribution in [-0.2, 0) is 6.54 Å². The predicted octanol–water partition coefficient (Wildman–Crippen LogP) is 3.33. The maximum absolute atomic E-state index is 13.1. The van der Waals surface area contributed by atoms with Crippen molar-refractivity contribution in [2.24, 2.45) is 0 Å². The topological polar surface area (TPSA) is 17.8 Å². The van der Waals surface area contributed by atoms with E-state index < -0.39 is 5.82 Å². The maximum atomic E-state index is 13.1. The summed E-state index contributed by atoms with van der Waals surface area (Å²) in [5, 5.41) is 4.35. The molecule has 78 valence electrons. The Morgan fingerprint density at radius 3 is 2.80 bits per heavy atom. The molecule has 15 heavy (non-hydrogen) atoms. The summed E-state index contributed by atoms with van der Waals surface area (Å²) >= 11 is 7.72. The van der Waals surface area contributed by atoms with E-state index in [1.54, 1.807) is 16.8 Å². The van der Waals surface area contributed by atoms with Crippen LogP contribution < -0.4 is 0 Å². The Morgan fingerprint density at radius 2 is 2.20 bits per heavy atom. The second-order valence-corrected chi connectivity index (χ2v) is 4.60. The Hall–Kier alpha value is -0.620. The first kappa shape index (κ1) is 10.9. The molecular formula is C10H7ClFIN2. The highest BCUT2D eigenvalue weighted by molar-refractivity contribution is 14.1. The van der Waals surface area contributed by atoms with Gasteiger partial charge in [0.1, 0.15) is 9.52 Å². The lowest BCUT2D eigenvalue weighted by molar-refractivity contribution is 0.619. The number of hydrogen-bond donors (Lipinski definition) is 0. The largest absolute Gasteiger partial charge is 0.267 e. The molecule has 0 amide bonds. The molecule has 0 radical (unpaired) electrons. The third-order valence-corrected chi connectivity index (χ3v) is 2.82. The summed E-state index contributed by atoms with van der Waals surface area (Å²) in [4.78, 5) is 0. The van der Waals surface area contributed by atoms with Crippen LogP contribution in [-0.4, -0.2) is 9.78 Å². The number of aromatic nitrogens is 2. The van der Waals surface area contributed by atoms with Gasteiger partial charge in [0.2, 0.25) is 0 Å². The summed E-state index contributed by atoms with van der Waals surface area (Å²) in [6.45, 7) is 0.553. The van der Waals surface area contributed by atoms with E-state index in [1.807, 2.05) is 12.3 Å². The molecule has 0 spiro atoms. The van der Waals surface area contributed by atoms with Gasteiger partial charge < -0.3 is 0 Å². The zero-order valence-electron chi connectivity index (χ0n) is 7.62. The van der Waals surface area contributed by atoms with Gasteiger partial charge in [-0.15, -0.1) is 0 Å². The smallest absolute Gasteiger partial charge is 0.142 e. The summed E-state index contributed by atoms with van der Waals surface area (Å²) in [7, 11) is 0. The second kappa shape index (κ2) is 4.49. The third-order valence-electron chi connectivity index (χ3n) is 1.94. The molecule has 0 aliphatic rings. The Morgan fingerprint density at radius 1 is 1.40 bits per heavy atom. The van der Waals surface area contributed by atoms with Crippen molar-refractivity contribution in [3.05, 3.63) is 50.6 Å². The van der Waals surface area contributed by atoms with Gasteiger partial charge in [-0.25, -0.2) is 4.39 Å². The van der Waals surface area contributed by atoms with Crippen molar-refractivity contribution in [2.75, 3.05) is 0 Å². The molecule has 1 aromatic heterocycles. The SMILES string of the molecule is Fc1cc(Cn2ccc(I)n2)ccc1Cl. The normalized spacial score (nSPS) is 10.6. The van der Waals surface area contributed by atoms with E-state index >= 15 is 0 Å². The van der Waals surface area contributed by atoms with Gasteiger partial charge in [0, 0.05) is 6.20 Å². The second-order valence-electron chi connectivity index (χ2n) is 3.08. The average molecular weight is 337 g/mol.